The minimum Gasteiger partial charge on any atom is -0.377 e. The van der Waals surface area contributed by atoms with Crippen molar-refractivity contribution in [3.63, 3.8) is 0 Å². The third-order valence-corrected chi connectivity index (χ3v) is 4.93. The summed E-state index contributed by atoms with van der Waals surface area (Å²) in [6.45, 7) is 7.81. The highest BCUT2D eigenvalue weighted by atomic mass is 32.2. The Kier molecular flexibility index (Phi) is 4.24. The molecule has 0 saturated carbocycles. The van der Waals surface area contributed by atoms with Gasteiger partial charge >= 0.3 is 0 Å². The van der Waals surface area contributed by atoms with Crippen LogP contribution in [0.15, 0.2) is 0 Å². The molecule has 0 aromatic rings. The molecule has 0 N–H and O–H groups in total. The van der Waals surface area contributed by atoms with Crippen LogP contribution in [0, 0.1) is 0 Å². The highest BCUT2D eigenvalue weighted by molar-refractivity contribution is 7.99. The van der Waals surface area contributed by atoms with E-state index in [9.17, 15) is 0 Å². The van der Waals surface area contributed by atoms with Gasteiger partial charge in [0.15, 0.2) is 0 Å². The summed E-state index contributed by atoms with van der Waals surface area (Å²) in [5, 5.41) is 5.16. The molecule has 5 heteroatoms. The molecule has 0 radical (unpaired) electrons. The minimum absolute atomic E-state index is 0.509. The van der Waals surface area contributed by atoms with Gasteiger partial charge in [-0.2, -0.15) is 11.8 Å². The van der Waals surface area contributed by atoms with Gasteiger partial charge in [0.05, 0.1) is 19.4 Å². The molecule has 0 amide bonds. The largest absolute Gasteiger partial charge is 0.377 e. The molecule has 0 bridgehead atoms. The summed E-state index contributed by atoms with van der Waals surface area (Å²) in [5.74, 6) is 2.56. The highest BCUT2D eigenvalue weighted by Gasteiger charge is 2.33. The average Bonchev–Trinajstić information content (AvgIpc) is 2.94. The summed E-state index contributed by atoms with van der Waals surface area (Å²) in [5.41, 5.74) is 0. The van der Waals surface area contributed by atoms with E-state index in [-0.39, 0.29) is 0 Å². The van der Waals surface area contributed by atoms with Crippen molar-refractivity contribution in [3.8, 4) is 0 Å². The maximum atomic E-state index is 5.70. The number of likely N-dealkylation sites (tertiary alicyclic amines) is 1. The van der Waals surface area contributed by atoms with Crippen molar-refractivity contribution < 1.29 is 4.74 Å². The second-order valence-electron chi connectivity index (χ2n) is 5.03. The maximum absolute atomic E-state index is 5.70. The number of hydrogen-bond donors (Lipinski definition) is 0. The van der Waals surface area contributed by atoms with E-state index < -0.39 is 0 Å². The number of hydrazine groups is 1. The van der Waals surface area contributed by atoms with E-state index in [0.29, 0.717) is 6.17 Å². The number of morpholine rings is 1. The van der Waals surface area contributed by atoms with Crippen molar-refractivity contribution in [3.05, 3.63) is 0 Å². The van der Waals surface area contributed by atoms with E-state index in [1.807, 2.05) is 0 Å². The van der Waals surface area contributed by atoms with Gasteiger partial charge < -0.3 is 4.74 Å². The summed E-state index contributed by atoms with van der Waals surface area (Å²) in [4.78, 5) is 2.61. The fourth-order valence-electron chi connectivity index (χ4n) is 3.06. The van der Waals surface area contributed by atoms with Gasteiger partial charge in [0, 0.05) is 31.1 Å². The van der Waals surface area contributed by atoms with Crippen molar-refractivity contribution in [2.24, 2.45) is 0 Å². The lowest BCUT2D eigenvalue weighted by atomic mass is 10.3. The molecule has 3 aliphatic rings. The fourth-order valence-corrected chi connectivity index (χ4v) is 3.94. The van der Waals surface area contributed by atoms with E-state index in [1.165, 1.54) is 50.5 Å². The standard InChI is InChI=1S/C12H23N3OS/c1-2-4-13(3-1)12-11-16-8-5-15(12)14-6-9-17-10-7-14/h12H,1-11H2. The molecule has 3 heterocycles. The van der Waals surface area contributed by atoms with Gasteiger partial charge in [0.1, 0.15) is 0 Å². The lowest BCUT2D eigenvalue weighted by Gasteiger charge is -2.47. The van der Waals surface area contributed by atoms with Crippen molar-refractivity contribution in [2.75, 3.05) is 57.4 Å². The molecular weight excluding hydrogens is 234 g/mol. The van der Waals surface area contributed by atoms with Crippen molar-refractivity contribution in [1.29, 1.82) is 0 Å². The monoisotopic (exact) mass is 257 g/mol. The number of nitrogens with zero attached hydrogens (tertiary/aromatic N) is 3. The van der Waals surface area contributed by atoms with Crippen LogP contribution in [0.5, 0.6) is 0 Å². The van der Waals surface area contributed by atoms with Crippen LogP contribution in [0.2, 0.25) is 0 Å². The SMILES string of the molecule is C1CCN(C2COCCN2N2CCSCC2)C1. The van der Waals surface area contributed by atoms with Crippen LogP contribution < -0.4 is 0 Å². The number of rotatable bonds is 2. The Bertz CT molecular complexity index is 242. The second kappa shape index (κ2) is 5.89. The Morgan fingerprint density at radius 3 is 2.47 bits per heavy atom. The van der Waals surface area contributed by atoms with Crippen LogP contribution in [-0.4, -0.2) is 78.5 Å². The van der Waals surface area contributed by atoms with Crippen LogP contribution in [0.4, 0.5) is 0 Å². The van der Waals surface area contributed by atoms with E-state index in [2.05, 4.69) is 26.7 Å². The molecule has 3 saturated heterocycles. The van der Waals surface area contributed by atoms with Crippen LogP contribution in [-0.2, 0) is 4.74 Å². The molecule has 0 aliphatic carbocycles. The van der Waals surface area contributed by atoms with Gasteiger partial charge in [0.25, 0.3) is 0 Å². The minimum atomic E-state index is 0.509. The van der Waals surface area contributed by atoms with Gasteiger partial charge in [0.2, 0.25) is 0 Å². The zero-order valence-electron chi connectivity index (χ0n) is 10.5. The second-order valence-corrected chi connectivity index (χ2v) is 6.25. The number of hydrogen-bond acceptors (Lipinski definition) is 5. The normalized spacial score (nSPS) is 34.2. The molecule has 0 aromatic heterocycles. The first-order chi connectivity index (χ1) is 8.45. The summed E-state index contributed by atoms with van der Waals surface area (Å²) >= 11 is 2.08. The van der Waals surface area contributed by atoms with Crippen LogP contribution in [0.1, 0.15) is 12.8 Å². The van der Waals surface area contributed by atoms with Crippen LogP contribution in [0.3, 0.4) is 0 Å². The molecule has 3 aliphatic heterocycles. The first-order valence-corrected chi connectivity index (χ1v) is 8.02. The van der Waals surface area contributed by atoms with E-state index in [1.54, 1.807) is 0 Å². The first-order valence-electron chi connectivity index (χ1n) is 6.86. The predicted molar refractivity (Wildman–Crippen MR) is 71.0 cm³/mol. The molecule has 3 fully saturated rings. The first kappa shape index (κ1) is 12.2. The third-order valence-electron chi connectivity index (χ3n) is 3.99. The smallest absolute Gasteiger partial charge is 0.0998 e. The Balaban J connectivity index is 1.65. The lowest BCUT2D eigenvalue weighted by molar-refractivity contribution is -0.168. The summed E-state index contributed by atoms with van der Waals surface area (Å²) in [6, 6.07) is 0. The Morgan fingerprint density at radius 2 is 1.71 bits per heavy atom. The Hall–Kier alpha value is 0.190. The molecule has 17 heavy (non-hydrogen) atoms. The summed E-state index contributed by atoms with van der Waals surface area (Å²) < 4.78 is 5.70. The van der Waals surface area contributed by atoms with Gasteiger partial charge in [-0.25, -0.2) is 10.0 Å². The molecular formula is C12H23N3OS. The van der Waals surface area contributed by atoms with Gasteiger partial charge in [-0.05, 0) is 25.9 Å². The van der Waals surface area contributed by atoms with Crippen LogP contribution >= 0.6 is 11.8 Å². The van der Waals surface area contributed by atoms with Crippen molar-refractivity contribution >= 4 is 11.8 Å². The molecule has 3 rings (SSSR count). The zero-order valence-corrected chi connectivity index (χ0v) is 11.3. The molecule has 98 valence electrons. The lowest BCUT2D eigenvalue weighted by Crippen LogP contribution is -2.62. The van der Waals surface area contributed by atoms with Crippen LogP contribution in [0.25, 0.3) is 0 Å². The average molecular weight is 257 g/mol. The van der Waals surface area contributed by atoms with Crippen molar-refractivity contribution in [2.45, 2.75) is 19.0 Å². The summed E-state index contributed by atoms with van der Waals surface area (Å²) in [6.07, 6.45) is 3.23. The Labute approximate surface area is 108 Å². The van der Waals surface area contributed by atoms with Gasteiger partial charge in [-0.1, -0.05) is 0 Å². The van der Waals surface area contributed by atoms with Gasteiger partial charge in [-0.15, -0.1) is 0 Å². The number of thioether (sulfide) groups is 1. The number of ether oxygens (including phenoxy) is 1. The zero-order chi connectivity index (χ0) is 11.5. The molecule has 0 spiro atoms. The summed E-state index contributed by atoms with van der Waals surface area (Å²) in [7, 11) is 0. The molecule has 1 atom stereocenters. The highest BCUT2D eigenvalue weighted by Crippen LogP contribution is 2.21. The van der Waals surface area contributed by atoms with E-state index in [4.69, 9.17) is 4.74 Å². The van der Waals surface area contributed by atoms with Gasteiger partial charge in [-0.3, -0.25) is 4.90 Å². The molecule has 0 aromatic carbocycles. The maximum Gasteiger partial charge on any atom is 0.0998 e. The topological polar surface area (TPSA) is 19.0 Å². The van der Waals surface area contributed by atoms with E-state index >= 15 is 0 Å². The van der Waals surface area contributed by atoms with Crippen molar-refractivity contribution in [1.82, 2.24) is 14.9 Å². The molecule has 1 unspecified atom stereocenters. The Morgan fingerprint density at radius 1 is 0.941 bits per heavy atom. The quantitative estimate of drug-likeness (QED) is 0.723. The predicted octanol–water partition coefficient (Wildman–Crippen LogP) is 0.704. The van der Waals surface area contributed by atoms with E-state index in [0.717, 1.165) is 19.8 Å². The fraction of sp³-hybridized carbons (Fsp3) is 1.00. The molecule has 4 nitrogen and oxygen atoms in total. The third kappa shape index (κ3) is 2.79.